The van der Waals surface area contributed by atoms with E-state index in [1.807, 2.05) is 20.8 Å². The van der Waals surface area contributed by atoms with Crippen molar-refractivity contribution in [1.29, 1.82) is 0 Å². The lowest BCUT2D eigenvalue weighted by atomic mass is 9.99. The Balaban J connectivity index is -0.000000176. The highest BCUT2D eigenvalue weighted by molar-refractivity contribution is 7.79. The first kappa shape index (κ1) is 22.9. The zero-order chi connectivity index (χ0) is 15.6. The lowest BCUT2D eigenvalue weighted by Crippen LogP contribution is -2.09. The van der Waals surface area contributed by atoms with Crippen LogP contribution in [0.2, 0.25) is 0 Å². The Morgan fingerprint density at radius 3 is 1.28 bits per heavy atom. The first-order valence-electron chi connectivity index (χ1n) is 5.16. The number of ether oxygens (including phenoxy) is 1. The lowest BCUT2D eigenvalue weighted by Gasteiger charge is -2.11. The Bertz CT molecular complexity index is 263. The van der Waals surface area contributed by atoms with E-state index in [-0.39, 0.29) is 17.6 Å². The number of aliphatic hydroxyl groups is 2. The van der Waals surface area contributed by atoms with Crippen LogP contribution in [0.15, 0.2) is 0 Å². The van der Waals surface area contributed by atoms with Gasteiger partial charge in [-0.25, -0.2) is 0 Å². The summed E-state index contributed by atoms with van der Waals surface area (Å²) in [5.74, 6) is 0. The first-order chi connectivity index (χ1) is 7.77. The van der Waals surface area contributed by atoms with E-state index in [0.29, 0.717) is 0 Å². The molecule has 0 amide bonds. The van der Waals surface area contributed by atoms with E-state index in [4.69, 9.17) is 32.5 Å². The van der Waals surface area contributed by atoms with Crippen molar-refractivity contribution < 1.29 is 32.5 Å². The van der Waals surface area contributed by atoms with Crippen LogP contribution in [0.1, 0.15) is 34.6 Å². The molecule has 7 nitrogen and oxygen atoms in total. The van der Waals surface area contributed by atoms with Crippen LogP contribution in [-0.2, 0) is 15.1 Å². The zero-order valence-electron chi connectivity index (χ0n) is 11.8. The second kappa shape index (κ2) is 9.65. The quantitative estimate of drug-likeness (QED) is 0.383. The van der Waals surface area contributed by atoms with E-state index >= 15 is 0 Å². The van der Waals surface area contributed by atoms with Gasteiger partial charge in [0.15, 0.2) is 0 Å². The van der Waals surface area contributed by atoms with E-state index in [2.05, 4.69) is 13.8 Å². The molecule has 1 rings (SSSR count). The molecule has 1 fully saturated rings. The lowest BCUT2D eigenvalue weighted by molar-refractivity contribution is 0.177. The van der Waals surface area contributed by atoms with Gasteiger partial charge < -0.3 is 14.9 Å². The van der Waals surface area contributed by atoms with Crippen LogP contribution in [0, 0.1) is 5.41 Å². The number of hydrogen-bond donors (Lipinski definition) is 4. The van der Waals surface area contributed by atoms with Crippen molar-refractivity contribution in [2.45, 2.75) is 40.2 Å². The summed E-state index contributed by atoms with van der Waals surface area (Å²) in [6, 6.07) is 0. The number of epoxide rings is 1. The van der Waals surface area contributed by atoms with Gasteiger partial charge in [-0.3, -0.25) is 9.11 Å². The van der Waals surface area contributed by atoms with Gasteiger partial charge in [0.2, 0.25) is 0 Å². The van der Waals surface area contributed by atoms with Crippen LogP contribution in [0.5, 0.6) is 0 Å². The molecule has 0 aliphatic carbocycles. The van der Waals surface area contributed by atoms with Gasteiger partial charge in [0, 0.05) is 13.7 Å². The highest BCUT2D eigenvalue weighted by Gasteiger charge is 2.32. The summed E-state index contributed by atoms with van der Waals surface area (Å²) in [7, 11) is -3.67. The fourth-order valence-electron chi connectivity index (χ4n) is 0.144. The van der Waals surface area contributed by atoms with Gasteiger partial charge in [0.25, 0.3) is 0 Å². The van der Waals surface area contributed by atoms with E-state index in [1.165, 1.54) is 0 Å². The fourth-order valence-corrected chi connectivity index (χ4v) is 0.144. The van der Waals surface area contributed by atoms with Gasteiger partial charge in [-0.05, 0) is 19.3 Å². The van der Waals surface area contributed by atoms with Gasteiger partial charge >= 0.3 is 10.4 Å². The van der Waals surface area contributed by atoms with Crippen molar-refractivity contribution in [3.8, 4) is 0 Å². The molecule has 0 saturated carbocycles. The second-order valence-corrected chi connectivity index (χ2v) is 6.11. The van der Waals surface area contributed by atoms with Crippen LogP contribution in [0.25, 0.3) is 0 Å². The predicted molar refractivity (Wildman–Crippen MR) is 68.9 cm³/mol. The predicted octanol–water partition coefficient (Wildman–Crippen LogP) is 0.776. The summed E-state index contributed by atoms with van der Waals surface area (Å²) >= 11 is 0. The minimum Gasteiger partial charge on any atom is -0.400 e. The van der Waals surface area contributed by atoms with Crippen molar-refractivity contribution in [3.05, 3.63) is 0 Å². The smallest absolute Gasteiger partial charge is 0.394 e. The number of aliphatic hydroxyl groups excluding tert-OH is 2. The minimum absolute atomic E-state index is 0.0972. The van der Waals surface area contributed by atoms with Crippen molar-refractivity contribution in [1.82, 2.24) is 0 Å². The van der Waals surface area contributed by atoms with Gasteiger partial charge in [0.1, 0.15) is 0 Å². The van der Waals surface area contributed by atoms with E-state index in [1.54, 1.807) is 0 Å². The van der Waals surface area contributed by atoms with Gasteiger partial charge in [0.05, 0.1) is 12.2 Å². The molecule has 0 aromatic carbocycles. The topological polar surface area (TPSA) is 128 Å². The van der Waals surface area contributed by atoms with Crippen LogP contribution < -0.4 is 0 Å². The Morgan fingerprint density at radius 2 is 1.28 bits per heavy atom. The summed E-state index contributed by atoms with van der Waals surface area (Å²) in [6.07, 6.45) is 0. The normalized spacial score (nSPS) is 15.9. The number of hydrogen-bond acceptors (Lipinski definition) is 5. The van der Waals surface area contributed by atoms with Crippen LogP contribution in [0.4, 0.5) is 0 Å². The monoisotopic (exact) mass is 290 g/mol. The molecule has 0 aromatic rings. The van der Waals surface area contributed by atoms with Gasteiger partial charge in [-0.1, -0.05) is 20.8 Å². The highest BCUT2D eigenvalue weighted by atomic mass is 32.3. The Hall–Kier alpha value is -0.250. The largest absolute Gasteiger partial charge is 0.400 e. The molecule has 0 unspecified atom stereocenters. The molecule has 0 radical (unpaired) electrons. The number of rotatable bonds is 0. The molecule has 8 heteroatoms. The van der Waals surface area contributed by atoms with Crippen molar-refractivity contribution in [3.63, 3.8) is 0 Å². The Morgan fingerprint density at radius 1 is 1.17 bits per heavy atom. The summed E-state index contributed by atoms with van der Waals surface area (Å²) in [4.78, 5) is 0. The molecule has 1 heterocycles. The highest BCUT2D eigenvalue weighted by Crippen LogP contribution is 2.23. The summed E-state index contributed by atoms with van der Waals surface area (Å²) in [6.45, 7) is 11.4. The second-order valence-electron chi connectivity index (χ2n) is 5.21. The van der Waals surface area contributed by atoms with E-state index in [9.17, 15) is 0 Å². The van der Waals surface area contributed by atoms with Gasteiger partial charge in [-0.2, -0.15) is 8.42 Å². The molecule has 0 spiro atoms. The van der Waals surface area contributed by atoms with E-state index in [0.717, 1.165) is 13.7 Å². The molecule has 1 saturated heterocycles. The van der Waals surface area contributed by atoms with Crippen LogP contribution >= 0.6 is 0 Å². The Kier molecular flexibility index (Phi) is 12.3. The maximum atomic E-state index is 8.74. The standard InChI is InChI=1S/C5H12O.C4H8O.CH4O.H2O4S/c1-5(2,3)4-6;1-4(2)3-5-4;1-2;1-5(2,3)4/h6H,4H2,1-3H3;3H2,1-2H3;2H,1H3;(H2,1,2,3,4). The molecule has 1 aliphatic heterocycles. The van der Waals surface area contributed by atoms with Gasteiger partial charge in [-0.15, -0.1) is 0 Å². The minimum atomic E-state index is -4.67. The molecule has 0 aromatic heterocycles. The molecule has 114 valence electrons. The Labute approximate surface area is 109 Å². The first-order valence-corrected chi connectivity index (χ1v) is 6.56. The van der Waals surface area contributed by atoms with Crippen molar-refractivity contribution in [2.24, 2.45) is 5.41 Å². The third-order valence-corrected chi connectivity index (χ3v) is 1.20. The maximum Gasteiger partial charge on any atom is 0.394 e. The van der Waals surface area contributed by atoms with Crippen molar-refractivity contribution in [2.75, 3.05) is 20.3 Å². The van der Waals surface area contributed by atoms with Crippen LogP contribution in [0.3, 0.4) is 0 Å². The fraction of sp³-hybridized carbons (Fsp3) is 1.00. The molecular weight excluding hydrogens is 264 g/mol. The van der Waals surface area contributed by atoms with Crippen molar-refractivity contribution >= 4 is 10.4 Å². The zero-order valence-corrected chi connectivity index (χ0v) is 12.7. The maximum absolute atomic E-state index is 8.74. The summed E-state index contributed by atoms with van der Waals surface area (Å²) in [5.41, 5.74) is 0.347. The average Bonchev–Trinajstić information content (AvgIpc) is 2.82. The molecular formula is C10H26O7S. The molecule has 0 atom stereocenters. The average molecular weight is 290 g/mol. The molecule has 1 aliphatic rings. The molecule has 18 heavy (non-hydrogen) atoms. The molecule has 0 bridgehead atoms. The van der Waals surface area contributed by atoms with E-state index < -0.39 is 10.4 Å². The summed E-state index contributed by atoms with van der Waals surface area (Å²) < 4.78 is 36.5. The summed E-state index contributed by atoms with van der Waals surface area (Å²) in [5, 5.41) is 15.4. The molecule has 4 N–H and O–H groups in total. The van der Waals surface area contributed by atoms with Crippen LogP contribution in [-0.4, -0.2) is 53.7 Å². The SMILES string of the molecule is CC(C)(C)CO.CC1(C)CO1.CO.O=S(=O)(O)O. The third-order valence-electron chi connectivity index (χ3n) is 1.20. The third kappa shape index (κ3) is 57.1.